The molecule has 13 heavy (non-hydrogen) atoms. The Morgan fingerprint density at radius 1 is 1.38 bits per heavy atom. The molecule has 0 N–H and O–H groups in total. The zero-order chi connectivity index (χ0) is 9.52. The number of benzene rings is 1. The molecule has 0 bridgehead atoms. The third-order valence-corrected chi connectivity index (χ3v) is 2.20. The number of hydrogen-bond donors (Lipinski definition) is 0. The second kappa shape index (κ2) is 5.60. The third-order valence-electron chi connectivity index (χ3n) is 1.54. The van der Waals surface area contributed by atoms with Gasteiger partial charge in [-0.05, 0) is 17.2 Å². The quantitative estimate of drug-likeness (QED) is 0.538. The monoisotopic (exact) mass is 192 g/mol. The molecule has 1 nitrogen and oxygen atoms in total. The summed E-state index contributed by atoms with van der Waals surface area (Å²) in [6.45, 7) is 2.06. The molecule has 0 heterocycles. The maximum Gasteiger partial charge on any atom is 0.186 e. The van der Waals surface area contributed by atoms with Crippen LogP contribution in [0.3, 0.4) is 0 Å². The number of ketones is 1. The Kier molecular flexibility index (Phi) is 4.33. The molecule has 0 aromatic heterocycles. The number of thioether (sulfide) groups is 1. The van der Waals surface area contributed by atoms with Crippen LogP contribution < -0.4 is 0 Å². The topological polar surface area (TPSA) is 17.1 Å². The lowest BCUT2D eigenvalue weighted by Crippen LogP contribution is -1.92. The van der Waals surface area contributed by atoms with Crippen LogP contribution in [0.15, 0.2) is 41.8 Å². The highest BCUT2D eigenvalue weighted by molar-refractivity contribution is 8.02. The summed E-state index contributed by atoms with van der Waals surface area (Å²) in [5.41, 5.74) is 0.746. The highest BCUT2D eigenvalue weighted by atomic mass is 32.2. The largest absolute Gasteiger partial charge is 0.289 e. The van der Waals surface area contributed by atoms with Crippen LogP contribution in [-0.4, -0.2) is 11.5 Å². The fourth-order valence-corrected chi connectivity index (χ4v) is 1.32. The van der Waals surface area contributed by atoms with Crippen molar-refractivity contribution in [3.8, 4) is 0 Å². The van der Waals surface area contributed by atoms with Crippen molar-refractivity contribution in [2.75, 3.05) is 5.75 Å². The van der Waals surface area contributed by atoms with E-state index in [1.165, 1.54) is 0 Å². The van der Waals surface area contributed by atoms with Crippen LogP contribution in [0.25, 0.3) is 0 Å². The Balaban J connectivity index is 2.59. The summed E-state index contributed by atoms with van der Waals surface area (Å²) < 4.78 is 0. The molecular formula is C11H12OS. The number of hydrogen-bond acceptors (Lipinski definition) is 2. The van der Waals surface area contributed by atoms with Gasteiger partial charge in [-0.2, -0.15) is 0 Å². The van der Waals surface area contributed by atoms with E-state index in [1.54, 1.807) is 17.8 Å². The van der Waals surface area contributed by atoms with Crippen molar-refractivity contribution in [1.29, 1.82) is 0 Å². The van der Waals surface area contributed by atoms with Crippen LogP contribution >= 0.6 is 11.8 Å². The molecule has 0 fully saturated rings. The molecule has 0 spiro atoms. The number of carbonyl (C=O) groups excluding carboxylic acids is 1. The summed E-state index contributed by atoms with van der Waals surface area (Å²) in [4.78, 5) is 11.4. The summed E-state index contributed by atoms with van der Waals surface area (Å²) in [6.07, 6.45) is 1.61. The van der Waals surface area contributed by atoms with Crippen LogP contribution in [-0.2, 0) is 0 Å². The van der Waals surface area contributed by atoms with Crippen LogP contribution in [0, 0.1) is 0 Å². The summed E-state index contributed by atoms with van der Waals surface area (Å²) in [7, 11) is 0. The SMILES string of the molecule is CCSC=CC(=O)c1ccccc1. The van der Waals surface area contributed by atoms with E-state index in [9.17, 15) is 4.79 Å². The fraction of sp³-hybridized carbons (Fsp3) is 0.182. The lowest BCUT2D eigenvalue weighted by Gasteiger charge is -1.92. The first-order chi connectivity index (χ1) is 6.34. The molecule has 2 heteroatoms. The van der Waals surface area contributed by atoms with Crippen LogP contribution in [0.2, 0.25) is 0 Å². The fourth-order valence-electron chi connectivity index (χ4n) is 0.905. The van der Waals surface area contributed by atoms with E-state index < -0.39 is 0 Å². The van der Waals surface area contributed by atoms with E-state index in [2.05, 4.69) is 6.92 Å². The van der Waals surface area contributed by atoms with Crippen molar-refractivity contribution in [3.63, 3.8) is 0 Å². The molecule has 0 aliphatic heterocycles. The number of allylic oxidation sites excluding steroid dienone is 1. The predicted octanol–water partition coefficient (Wildman–Crippen LogP) is 3.14. The molecule has 0 unspecified atom stereocenters. The maximum absolute atomic E-state index is 11.4. The number of carbonyl (C=O) groups is 1. The molecule has 0 saturated heterocycles. The Labute approximate surface area is 82.9 Å². The van der Waals surface area contributed by atoms with Gasteiger partial charge in [0.25, 0.3) is 0 Å². The Bertz CT molecular complexity index is 290. The molecule has 0 aliphatic carbocycles. The zero-order valence-corrected chi connectivity index (χ0v) is 8.38. The van der Waals surface area contributed by atoms with Crippen LogP contribution in [0.4, 0.5) is 0 Å². The van der Waals surface area contributed by atoms with Crippen LogP contribution in [0.1, 0.15) is 17.3 Å². The zero-order valence-electron chi connectivity index (χ0n) is 7.57. The normalized spacial score (nSPS) is 10.5. The van der Waals surface area contributed by atoms with Gasteiger partial charge in [0, 0.05) is 5.56 Å². The van der Waals surface area contributed by atoms with Gasteiger partial charge in [-0.25, -0.2) is 0 Å². The van der Waals surface area contributed by atoms with Gasteiger partial charge in [0.2, 0.25) is 0 Å². The van der Waals surface area contributed by atoms with Gasteiger partial charge >= 0.3 is 0 Å². The highest BCUT2D eigenvalue weighted by Crippen LogP contribution is 2.04. The van der Waals surface area contributed by atoms with Crippen molar-refractivity contribution in [1.82, 2.24) is 0 Å². The molecule has 0 amide bonds. The second-order valence-electron chi connectivity index (χ2n) is 2.49. The summed E-state index contributed by atoms with van der Waals surface area (Å²) in [6, 6.07) is 9.29. The van der Waals surface area contributed by atoms with Crippen molar-refractivity contribution < 1.29 is 4.79 Å². The summed E-state index contributed by atoms with van der Waals surface area (Å²) in [5.74, 6) is 1.07. The first kappa shape index (κ1) is 10.1. The maximum atomic E-state index is 11.4. The predicted molar refractivity (Wildman–Crippen MR) is 58.0 cm³/mol. The molecular weight excluding hydrogens is 180 g/mol. The Morgan fingerprint density at radius 2 is 2.08 bits per heavy atom. The van der Waals surface area contributed by atoms with E-state index in [1.807, 2.05) is 35.7 Å². The second-order valence-corrected chi connectivity index (χ2v) is 3.67. The smallest absolute Gasteiger partial charge is 0.186 e. The van der Waals surface area contributed by atoms with Gasteiger partial charge in [-0.3, -0.25) is 4.79 Å². The van der Waals surface area contributed by atoms with E-state index in [0.717, 1.165) is 11.3 Å². The van der Waals surface area contributed by atoms with Crippen molar-refractivity contribution in [2.24, 2.45) is 0 Å². The van der Waals surface area contributed by atoms with Gasteiger partial charge in [-0.15, -0.1) is 11.8 Å². The molecule has 0 radical (unpaired) electrons. The molecule has 0 saturated carbocycles. The Hall–Kier alpha value is -1.02. The summed E-state index contributed by atoms with van der Waals surface area (Å²) >= 11 is 1.63. The average molecular weight is 192 g/mol. The first-order valence-corrected chi connectivity index (χ1v) is 5.27. The first-order valence-electron chi connectivity index (χ1n) is 4.22. The molecule has 68 valence electrons. The highest BCUT2D eigenvalue weighted by Gasteiger charge is 1.97. The van der Waals surface area contributed by atoms with E-state index >= 15 is 0 Å². The van der Waals surface area contributed by atoms with Crippen molar-refractivity contribution in [2.45, 2.75) is 6.92 Å². The lowest BCUT2D eigenvalue weighted by atomic mass is 10.1. The van der Waals surface area contributed by atoms with Gasteiger partial charge in [-0.1, -0.05) is 37.3 Å². The minimum Gasteiger partial charge on any atom is -0.289 e. The Morgan fingerprint density at radius 3 is 2.69 bits per heavy atom. The molecule has 0 atom stereocenters. The molecule has 0 aliphatic rings. The van der Waals surface area contributed by atoms with Gasteiger partial charge < -0.3 is 0 Å². The third kappa shape index (κ3) is 3.47. The van der Waals surface area contributed by atoms with Gasteiger partial charge in [0.1, 0.15) is 0 Å². The summed E-state index contributed by atoms with van der Waals surface area (Å²) in [5, 5.41) is 1.84. The van der Waals surface area contributed by atoms with Crippen molar-refractivity contribution in [3.05, 3.63) is 47.4 Å². The lowest BCUT2D eigenvalue weighted by molar-refractivity contribution is 0.104. The van der Waals surface area contributed by atoms with Crippen molar-refractivity contribution >= 4 is 17.5 Å². The van der Waals surface area contributed by atoms with Gasteiger partial charge in [0.15, 0.2) is 5.78 Å². The van der Waals surface area contributed by atoms with E-state index in [-0.39, 0.29) is 5.78 Å². The molecule has 1 aromatic carbocycles. The standard InChI is InChI=1S/C11H12OS/c1-2-13-9-8-11(12)10-6-4-3-5-7-10/h3-9H,2H2,1H3. The molecule has 1 rings (SSSR count). The average Bonchev–Trinajstić information content (AvgIpc) is 2.19. The number of rotatable bonds is 4. The van der Waals surface area contributed by atoms with Gasteiger partial charge in [0.05, 0.1) is 0 Å². The van der Waals surface area contributed by atoms with E-state index in [0.29, 0.717) is 0 Å². The van der Waals surface area contributed by atoms with E-state index in [4.69, 9.17) is 0 Å². The minimum atomic E-state index is 0.0709. The van der Waals surface area contributed by atoms with Crippen LogP contribution in [0.5, 0.6) is 0 Å². The molecule has 1 aromatic rings. The minimum absolute atomic E-state index is 0.0709.